The lowest BCUT2D eigenvalue weighted by Crippen LogP contribution is -2.42. The molecular weight excluding hydrogens is 370 g/mol. The fourth-order valence-corrected chi connectivity index (χ4v) is 3.88. The van der Waals surface area contributed by atoms with Crippen molar-refractivity contribution in [2.75, 3.05) is 0 Å². The van der Waals surface area contributed by atoms with E-state index in [1.807, 2.05) is 48.0 Å². The van der Waals surface area contributed by atoms with Crippen molar-refractivity contribution in [2.45, 2.75) is 39.8 Å². The molecule has 0 spiro atoms. The first-order valence-electron chi connectivity index (χ1n) is 9.50. The van der Waals surface area contributed by atoms with Gasteiger partial charge in [0.15, 0.2) is 16.9 Å². The molecule has 8 nitrogen and oxygen atoms in total. The maximum absolute atomic E-state index is 13.2. The van der Waals surface area contributed by atoms with Gasteiger partial charge in [0, 0.05) is 18.9 Å². The zero-order valence-electron chi connectivity index (χ0n) is 17.1. The van der Waals surface area contributed by atoms with Crippen molar-refractivity contribution >= 4 is 22.7 Å². The second-order valence-corrected chi connectivity index (χ2v) is 7.48. The van der Waals surface area contributed by atoms with Gasteiger partial charge in [-0.1, -0.05) is 30.3 Å². The highest BCUT2D eigenvalue weighted by Crippen LogP contribution is 2.25. The van der Waals surface area contributed by atoms with Crippen molar-refractivity contribution in [1.82, 2.24) is 23.1 Å². The average molecular weight is 393 g/mol. The van der Waals surface area contributed by atoms with Gasteiger partial charge in [0.25, 0.3) is 5.56 Å². The van der Waals surface area contributed by atoms with Crippen LogP contribution in [0.1, 0.15) is 44.1 Å². The molecule has 150 valence electrons. The number of Topliss-reactive ketones (excluding diaryl/α,β-unsaturated/α-hetero) is 1. The molecule has 4 aromatic rings. The Bertz CT molecular complexity index is 1370. The predicted molar refractivity (Wildman–Crippen MR) is 111 cm³/mol. The van der Waals surface area contributed by atoms with Crippen molar-refractivity contribution in [2.24, 2.45) is 7.05 Å². The van der Waals surface area contributed by atoms with E-state index in [0.717, 1.165) is 15.8 Å². The Balaban J connectivity index is 2.08. The summed E-state index contributed by atoms with van der Waals surface area (Å²) < 4.78 is 6.09. The number of ketones is 1. The number of hydrogen-bond acceptors (Lipinski definition) is 4. The van der Waals surface area contributed by atoms with Gasteiger partial charge in [-0.25, -0.2) is 9.36 Å². The van der Waals surface area contributed by atoms with E-state index in [1.54, 1.807) is 18.4 Å². The van der Waals surface area contributed by atoms with Crippen LogP contribution in [0.5, 0.6) is 0 Å². The SMILES string of the molecule is CC(=O)C(C)n1c(=O)c2c(nc3n(C(C)c4ccccc4)c(C)cn23)n(C)c1=O. The Morgan fingerprint density at radius 1 is 1.07 bits per heavy atom. The van der Waals surface area contributed by atoms with Crippen molar-refractivity contribution in [3.8, 4) is 0 Å². The molecule has 1 aromatic carbocycles. The predicted octanol–water partition coefficient (Wildman–Crippen LogP) is 2.22. The van der Waals surface area contributed by atoms with Crippen LogP contribution in [-0.2, 0) is 11.8 Å². The first kappa shape index (κ1) is 18.9. The summed E-state index contributed by atoms with van der Waals surface area (Å²) in [4.78, 5) is 42.5. The monoisotopic (exact) mass is 393 g/mol. The van der Waals surface area contributed by atoms with E-state index in [9.17, 15) is 14.4 Å². The molecule has 0 bridgehead atoms. The molecule has 8 heteroatoms. The van der Waals surface area contributed by atoms with E-state index in [2.05, 4.69) is 11.9 Å². The van der Waals surface area contributed by atoms with Gasteiger partial charge in [0.1, 0.15) is 0 Å². The number of hydrogen-bond donors (Lipinski definition) is 0. The summed E-state index contributed by atoms with van der Waals surface area (Å²) in [5, 5.41) is 0. The van der Waals surface area contributed by atoms with Crippen LogP contribution in [0.2, 0.25) is 0 Å². The number of nitrogens with zero attached hydrogens (tertiary/aromatic N) is 5. The van der Waals surface area contributed by atoms with Crippen LogP contribution in [0.25, 0.3) is 16.9 Å². The fourth-order valence-electron chi connectivity index (χ4n) is 3.88. The van der Waals surface area contributed by atoms with Crippen LogP contribution in [0.4, 0.5) is 0 Å². The van der Waals surface area contributed by atoms with E-state index >= 15 is 0 Å². The van der Waals surface area contributed by atoms with Gasteiger partial charge in [0.2, 0.25) is 5.78 Å². The number of imidazole rings is 2. The summed E-state index contributed by atoms with van der Waals surface area (Å²) in [6, 6.07) is 9.15. The number of benzene rings is 1. The summed E-state index contributed by atoms with van der Waals surface area (Å²) >= 11 is 0. The third-order valence-corrected chi connectivity index (χ3v) is 5.66. The highest BCUT2D eigenvalue weighted by molar-refractivity contribution is 5.80. The number of carbonyl (C=O) groups is 1. The van der Waals surface area contributed by atoms with Crippen LogP contribution >= 0.6 is 0 Å². The smallest absolute Gasteiger partial charge is 0.307 e. The number of fused-ring (bicyclic) bond motifs is 3. The second kappa shape index (κ2) is 6.58. The molecule has 0 aliphatic carbocycles. The van der Waals surface area contributed by atoms with Crippen molar-refractivity contribution in [1.29, 1.82) is 0 Å². The van der Waals surface area contributed by atoms with Gasteiger partial charge in [-0.2, -0.15) is 4.98 Å². The lowest BCUT2D eigenvalue weighted by molar-refractivity contribution is -0.119. The topological polar surface area (TPSA) is 83.3 Å². The van der Waals surface area contributed by atoms with Crippen molar-refractivity contribution in [3.05, 3.63) is 68.6 Å². The third kappa shape index (κ3) is 2.66. The number of carbonyl (C=O) groups excluding carboxylic acids is 1. The summed E-state index contributed by atoms with van der Waals surface area (Å²) in [5.41, 5.74) is 1.57. The van der Waals surface area contributed by atoms with Crippen LogP contribution in [0, 0.1) is 6.92 Å². The van der Waals surface area contributed by atoms with E-state index in [4.69, 9.17) is 0 Å². The molecular formula is C21H23N5O3. The quantitative estimate of drug-likeness (QED) is 0.532. The van der Waals surface area contributed by atoms with Gasteiger partial charge in [-0.15, -0.1) is 0 Å². The lowest BCUT2D eigenvalue weighted by Gasteiger charge is -2.16. The van der Waals surface area contributed by atoms with E-state index in [-0.39, 0.29) is 17.3 Å². The third-order valence-electron chi connectivity index (χ3n) is 5.66. The Labute approximate surface area is 166 Å². The molecule has 0 N–H and O–H groups in total. The summed E-state index contributed by atoms with van der Waals surface area (Å²) in [5.74, 6) is 0.324. The minimum Gasteiger partial charge on any atom is -0.307 e. The molecule has 3 heterocycles. The lowest BCUT2D eigenvalue weighted by atomic mass is 10.1. The van der Waals surface area contributed by atoms with Crippen LogP contribution in [-0.4, -0.2) is 28.9 Å². The van der Waals surface area contributed by atoms with Gasteiger partial charge >= 0.3 is 5.69 Å². The summed E-state index contributed by atoms with van der Waals surface area (Å²) in [7, 11) is 1.57. The molecule has 2 unspecified atom stereocenters. The summed E-state index contributed by atoms with van der Waals surface area (Å²) in [6.45, 7) is 6.95. The molecule has 0 amide bonds. The van der Waals surface area contributed by atoms with Gasteiger partial charge in [-0.3, -0.25) is 18.6 Å². The second-order valence-electron chi connectivity index (χ2n) is 7.48. The van der Waals surface area contributed by atoms with E-state index in [1.165, 1.54) is 11.5 Å². The highest BCUT2D eigenvalue weighted by Gasteiger charge is 2.25. The molecule has 0 fully saturated rings. The Kier molecular flexibility index (Phi) is 4.29. The van der Waals surface area contributed by atoms with E-state index in [0.29, 0.717) is 11.4 Å². The zero-order valence-corrected chi connectivity index (χ0v) is 17.1. The molecule has 0 saturated heterocycles. The normalized spacial score (nSPS) is 13.8. The Morgan fingerprint density at radius 2 is 1.72 bits per heavy atom. The minimum absolute atomic E-state index is 0.0130. The summed E-state index contributed by atoms with van der Waals surface area (Å²) in [6.07, 6.45) is 1.85. The molecule has 0 radical (unpaired) electrons. The Hall–Kier alpha value is -3.42. The van der Waals surface area contributed by atoms with Crippen LogP contribution in [0.15, 0.2) is 46.1 Å². The van der Waals surface area contributed by atoms with Gasteiger partial charge in [0.05, 0.1) is 12.1 Å². The van der Waals surface area contributed by atoms with E-state index < -0.39 is 17.3 Å². The molecule has 3 aromatic heterocycles. The number of aryl methyl sites for hydroxylation is 2. The maximum atomic E-state index is 13.2. The standard InChI is InChI=1S/C21H23N5O3/c1-12-11-24-17-18(23(5)21(29)26(19(17)28)13(2)15(4)27)22-20(24)25(12)14(3)16-9-7-6-8-10-16/h6-11,13-14H,1-5H3. The molecule has 2 atom stereocenters. The largest absolute Gasteiger partial charge is 0.333 e. The first-order chi connectivity index (χ1) is 13.7. The van der Waals surface area contributed by atoms with Crippen LogP contribution in [0.3, 0.4) is 0 Å². The molecule has 29 heavy (non-hydrogen) atoms. The first-order valence-corrected chi connectivity index (χ1v) is 9.50. The maximum Gasteiger partial charge on any atom is 0.333 e. The van der Waals surface area contributed by atoms with Crippen molar-refractivity contribution in [3.63, 3.8) is 0 Å². The average Bonchev–Trinajstić information content (AvgIpc) is 3.21. The van der Waals surface area contributed by atoms with Crippen molar-refractivity contribution < 1.29 is 4.79 Å². The molecule has 0 saturated carbocycles. The highest BCUT2D eigenvalue weighted by atomic mass is 16.2. The minimum atomic E-state index is -0.845. The van der Waals surface area contributed by atoms with Gasteiger partial charge in [-0.05, 0) is 33.3 Å². The van der Waals surface area contributed by atoms with Crippen LogP contribution < -0.4 is 11.2 Å². The number of rotatable bonds is 4. The fraction of sp³-hybridized carbons (Fsp3) is 0.333. The molecule has 0 aliphatic heterocycles. The Morgan fingerprint density at radius 3 is 2.34 bits per heavy atom. The number of aromatic nitrogens is 5. The molecule has 0 aliphatic rings. The van der Waals surface area contributed by atoms with Gasteiger partial charge < -0.3 is 4.57 Å². The molecule has 4 rings (SSSR count). The zero-order chi connectivity index (χ0) is 21.0.